The van der Waals surface area contributed by atoms with Gasteiger partial charge < -0.3 is 11.1 Å². The van der Waals surface area contributed by atoms with Crippen LogP contribution in [0.5, 0.6) is 0 Å². The van der Waals surface area contributed by atoms with Gasteiger partial charge in [-0.05, 0) is 42.8 Å². The van der Waals surface area contributed by atoms with Gasteiger partial charge in [0.05, 0.1) is 21.6 Å². The number of anilines is 3. The van der Waals surface area contributed by atoms with Crippen molar-refractivity contribution >= 4 is 38.6 Å². The molecule has 19 heavy (non-hydrogen) atoms. The van der Waals surface area contributed by atoms with Crippen LogP contribution in [0.15, 0.2) is 35.8 Å². The van der Waals surface area contributed by atoms with Crippen molar-refractivity contribution < 1.29 is 4.39 Å². The normalized spacial score (nSPS) is 10.8. The van der Waals surface area contributed by atoms with Gasteiger partial charge in [0.1, 0.15) is 11.3 Å². The van der Waals surface area contributed by atoms with Crippen LogP contribution in [-0.4, -0.2) is 4.98 Å². The number of halogens is 1. The number of nitrogens with two attached hydrogens (primary N) is 1. The Morgan fingerprint density at radius 1 is 1.21 bits per heavy atom. The predicted molar refractivity (Wildman–Crippen MR) is 78.5 cm³/mol. The molecule has 3 nitrogen and oxygen atoms in total. The third-order valence-corrected chi connectivity index (χ3v) is 3.79. The summed E-state index contributed by atoms with van der Waals surface area (Å²) < 4.78 is 14.1. The lowest BCUT2D eigenvalue weighted by molar-refractivity contribution is 0.627. The Labute approximate surface area is 113 Å². The molecule has 3 rings (SSSR count). The Bertz CT molecular complexity index is 752. The SMILES string of the molecule is Cc1cc(F)ccc1Nc1ccc2scnc2c1N. The van der Waals surface area contributed by atoms with Gasteiger partial charge in [-0.25, -0.2) is 9.37 Å². The molecular formula is C14H12FN3S. The van der Waals surface area contributed by atoms with E-state index in [2.05, 4.69) is 10.3 Å². The molecule has 1 heterocycles. The number of rotatable bonds is 2. The quantitative estimate of drug-likeness (QED) is 0.692. The van der Waals surface area contributed by atoms with Crippen LogP contribution >= 0.6 is 11.3 Å². The lowest BCUT2D eigenvalue weighted by Crippen LogP contribution is -1.98. The minimum Gasteiger partial charge on any atom is -0.395 e. The summed E-state index contributed by atoms with van der Waals surface area (Å²) in [6, 6.07) is 8.51. The van der Waals surface area contributed by atoms with Crippen LogP contribution < -0.4 is 11.1 Å². The van der Waals surface area contributed by atoms with E-state index in [0.29, 0.717) is 5.69 Å². The van der Waals surface area contributed by atoms with E-state index in [0.717, 1.165) is 27.2 Å². The second-order valence-electron chi connectivity index (χ2n) is 4.31. The summed E-state index contributed by atoms with van der Waals surface area (Å²) in [7, 11) is 0. The number of hydrogen-bond donors (Lipinski definition) is 2. The fourth-order valence-electron chi connectivity index (χ4n) is 1.97. The summed E-state index contributed by atoms with van der Waals surface area (Å²) in [5.74, 6) is -0.244. The van der Waals surface area contributed by atoms with Crippen molar-refractivity contribution in [2.75, 3.05) is 11.1 Å². The standard InChI is InChI=1S/C14H12FN3S/c1-8-6-9(15)2-3-10(8)18-11-4-5-12-14(13(11)16)17-7-19-12/h2-7,18H,16H2,1H3. The van der Waals surface area contributed by atoms with E-state index in [-0.39, 0.29) is 5.82 Å². The van der Waals surface area contributed by atoms with Gasteiger partial charge in [-0.1, -0.05) is 0 Å². The van der Waals surface area contributed by atoms with E-state index in [4.69, 9.17) is 5.73 Å². The zero-order chi connectivity index (χ0) is 13.4. The monoisotopic (exact) mass is 273 g/mol. The summed E-state index contributed by atoms with van der Waals surface area (Å²) in [6.45, 7) is 1.85. The highest BCUT2D eigenvalue weighted by molar-refractivity contribution is 7.16. The molecule has 5 heteroatoms. The summed E-state index contributed by atoms with van der Waals surface area (Å²) in [5.41, 5.74) is 11.7. The first-order valence-electron chi connectivity index (χ1n) is 5.80. The number of nitrogen functional groups attached to an aromatic ring is 1. The lowest BCUT2D eigenvalue weighted by Gasteiger charge is -2.12. The third-order valence-electron chi connectivity index (χ3n) is 3.00. The Morgan fingerprint density at radius 2 is 2.00 bits per heavy atom. The molecule has 3 aromatic rings. The first-order valence-corrected chi connectivity index (χ1v) is 6.68. The maximum absolute atomic E-state index is 13.1. The molecule has 96 valence electrons. The van der Waals surface area contributed by atoms with E-state index in [9.17, 15) is 4.39 Å². The van der Waals surface area contributed by atoms with Crippen LogP contribution in [0.2, 0.25) is 0 Å². The average molecular weight is 273 g/mol. The molecule has 0 spiro atoms. The molecule has 2 aromatic carbocycles. The number of benzene rings is 2. The van der Waals surface area contributed by atoms with Crippen molar-refractivity contribution in [2.45, 2.75) is 6.92 Å². The summed E-state index contributed by atoms with van der Waals surface area (Å²) in [6.07, 6.45) is 0. The molecule has 0 unspecified atom stereocenters. The van der Waals surface area contributed by atoms with Crippen molar-refractivity contribution in [3.63, 3.8) is 0 Å². The van der Waals surface area contributed by atoms with Gasteiger partial charge in [-0.2, -0.15) is 0 Å². The molecular weight excluding hydrogens is 261 g/mol. The molecule has 0 bridgehead atoms. The molecule has 3 N–H and O–H groups in total. The van der Waals surface area contributed by atoms with Gasteiger partial charge in [0.15, 0.2) is 0 Å². The average Bonchev–Trinajstić information content (AvgIpc) is 2.85. The second kappa shape index (κ2) is 4.51. The smallest absolute Gasteiger partial charge is 0.123 e. The fourth-order valence-corrected chi connectivity index (χ4v) is 2.67. The first kappa shape index (κ1) is 11.9. The molecule has 1 aromatic heterocycles. The zero-order valence-corrected chi connectivity index (χ0v) is 11.1. The fraction of sp³-hybridized carbons (Fsp3) is 0.0714. The summed E-state index contributed by atoms with van der Waals surface area (Å²) >= 11 is 1.55. The number of hydrogen-bond acceptors (Lipinski definition) is 4. The van der Waals surface area contributed by atoms with Crippen molar-refractivity contribution in [3.8, 4) is 0 Å². The van der Waals surface area contributed by atoms with Gasteiger partial charge in [0.25, 0.3) is 0 Å². The molecule has 0 fully saturated rings. The first-order chi connectivity index (χ1) is 9.15. The molecule has 0 aliphatic rings. The maximum atomic E-state index is 13.1. The molecule has 0 aliphatic carbocycles. The number of nitrogens with one attached hydrogen (secondary N) is 1. The van der Waals surface area contributed by atoms with Crippen molar-refractivity contribution in [3.05, 3.63) is 47.2 Å². The minimum atomic E-state index is -0.244. The Morgan fingerprint density at radius 3 is 2.79 bits per heavy atom. The number of aryl methyl sites for hydroxylation is 1. The van der Waals surface area contributed by atoms with E-state index < -0.39 is 0 Å². The molecule has 0 saturated carbocycles. The number of nitrogens with zero attached hydrogens (tertiary/aromatic N) is 1. The van der Waals surface area contributed by atoms with E-state index in [1.807, 2.05) is 19.1 Å². The van der Waals surface area contributed by atoms with Gasteiger partial charge in [-0.15, -0.1) is 11.3 Å². The lowest BCUT2D eigenvalue weighted by atomic mass is 10.1. The van der Waals surface area contributed by atoms with Crippen LogP contribution in [-0.2, 0) is 0 Å². The van der Waals surface area contributed by atoms with Crippen LogP contribution in [0, 0.1) is 12.7 Å². The van der Waals surface area contributed by atoms with Crippen molar-refractivity contribution in [1.82, 2.24) is 4.98 Å². The summed E-state index contributed by atoms with van der Waals surface area (Å²) in [4.78, 5) is 4.25. The van der Waals surface area contributed by atoms with Crippen LogP contribution in [0.3, 0.4) is 0 Å². The van der Waals surface area contributed by atoms with Crippen LogP contribution in [0.25, 0.3) is 10.2 Å². The molecule has 0 radical (unpaired) electrons. The Balaban J connectivity index is 2.03. The maximum Gasteiger partial charge on any atom is 0.123 e. The third kappa shape index (κ3) is 2.13. The van der Waals surface area contributed by atoms with Gasteiger partial charge >= 0.3 is 0 Å². The van der Waals surface area contributed by atoms with E-state index in [1.165, 1.54) is 12.1 Å². The number of aromatic nitrogens is 1. The number of fused-ring (bicyclic) bond motifs is 1. The van der Waals surface area contributed by atoms with Crippen molar-refractivity contribution in [2.24, 2.45) is 0 Å². The van der Waals surface area contributed by atoms with E-state index >= 15 is 0 Å². The zero-order valence-electron chi connectivity index (χ0n) is 10.3. The topological polar surface area (TPSA) is 50.9 Å². The Hall–Kier alpha value is -2.14. The molecule has 0 aliphatic heterocycles. The van der Waals surface area contributed by atoms with Crippen LogP contribution in [0.1, 0.15) is 5.56 Å². The van der Waals surface area contributed by atoms with E-state index in [1.54, 1.807) is 22.9 Å². The highest BCUT2D eigenvalue weighted by atomic mass is 32.1. The highest BCUT2D eigenvalue weighted by Crippen LogP contribution is 2.32. The predicted octanol–water partition coefficient (Wildman–Crippen LogP) is 4.07. The van der Waals surface area contributed by atoms with Gasteiger partial charge in [-0.3, -0.25) is 0 Å². The van der Waals surface area contributed by atoms with Crippen molar-refractivity contribution in [1.29, 1.82) is 0 Å². The second-order valence-corrected chi connectivity index (χ2v) is 5.20. The minimum absolute atomic E-state index is 0.244. The van der Waals surface area contributed by atoms with Gasteiger partial charge in [0.2, 0.25) is 0 Å². The van der Waals surface area contributed by atoms with Crippen LogP contribution in [0.4, 0.5) is 21.5 Å². The molecule has 0 saturated heterocycles. The largest absolute Gasteiger partial charge is 0.395 e. The summed E-state index contributed by atoms with van der Waals surface area (Å²) in [5, 5.41) is 3.22. The highest BCUT2D eigenvalue weighted by Gasteiger charge is 2.08. The van der Waals surface area contributed by atoms with Gasteiger partial charge in [0, 0.05) is 5.69 Å². The molecule has 0 atom stereocenters. The number of thiazole rings is 1. The Kier molecular flexibility index (Phi) is 2.83. The molecule has 0 amide bonds.